The molecule has 0 bridgehead atoms. The molecule has 0 aromatic heterocycles. The summed E-state index contributed by atoms with van der Waals surface area (Å²) in [5.41, 5.74) is 0.675. The standard InChI is InChI=1S/C25H27Cl2NO6/c1-5-7-12-28-20(14-8-10-15(11-9-14)34-6-2)18(22(30)25(28)31)21(29)16-13-17(26)24(33-4)19(27)23(16)32-3/h8-11,13,20,29H,5-7,12H2,1-4H3/b21-18+. The number of Topliss-reactive ketones (excluding diaryl/α,β-unsaturated/α-hetero) is 1. The highest BCUT2D eigenvalue weighted by molar-refractivity contribution is 6.47. The van der Waals surface area contributed by atoms with Crippen molar-refractivity contribution in [3.05, 3.63) is 57.1 Å². The third-order valence-electron chi connectivity index (χ3n) is 5.59. The predicted octanol–water partition coefficient (Wildman–Crippen LogP) is 5.63. The van der Waals surface area contributed by atoms with Crippen LogP contribution in [0.25, 0.3) is 5.76 Å². The molecule has 3 rings (SSSR count). The molecular weight excluding hydrogens is 481 g/mol. The summed E-state index contributed by atoms with van der Waals surface area (Å²) in [5.74, 6) is -1.00. The number of hydrogen-bond acceptors (Lipinski definition) is 6. The van der Waals surface area contributed by atoms with Gasteiger partial charge in [0, 0.05) is 6.54 Å². The van der Waals surface area contributed by atoms with Crippen molar-refractivity contribution in [1.82, 2.24) is 4.90 Å². The zero-order chi connectivity index (χ0) is 25.0. The predicted molar refractivity (Wildman–Crippen MR) is 131 cm³/mol. The zero-order valence-corrected chi connectivity index (χ0v) is 21.0. The molecule has 1 unspecified atom stereocenters. The summed E-state index contributed by atoms with van der Waals surface area (Å²) >= 11 is 12.7. The molecule has 0 radical (unpaired) electrons. The van der Waals surface area contributed by atoms with Gasteiger partial charge in [-0.15, -0.1) is 0 Å². The number of halogens is 2. The van der Waals surface area contributed by atoms with Crippen molar-refractivity contribution < 1.29 is 28.9 Å². The Bertz CT molecular complexity index is 1110. The first-order chi connectivity index (χ1) is 16.3. The van der Waals surface area contributed by atoms with Crippen LogP contribution in [0.1, 0.15) is 43.9 Å². The molecular formula is C25H27Cl2NO6. The second-order valence-corrected chi connectivity index (χ2v) is 8.42. The molecule has 1 saturated heterocycles. The monoisotopic (exact) mass is 507 g/mol. The zero-order valence-electron chi connectivity index (χ0n) is 19.5. The van der Waals surface area contributed by atoms with Crippen LogP contribution in [0.15, 0.2) is 35.9 Å². The summed E-state index contributed by atoms with van der Waals surface area (Å²) in [6, 6.07) is 7.68. The first-order valence-corrected chi connectivity index (χ1v) is 11.7. The minimum atomic E-state index is -0.799. The van der Waals surface area contributed by atoms with Gasteiger partial charge in [-0.1, -0.05) is 48.7 Å². The summed E-state index contributed by atoms with van der Waals surface area (Å²) in [7, 11) is 2.77. The molecule has 0 aliphatic carbocycles. The molecule has 1 atom stereocenters. The van der Waals surface area contributed by atoms with Crippen LogP contribution in [0.3, 0.4) is 0 Å². The summed E-state index contributed by atoms with van der Waals surface area (Å²) in [4.78, 5) is 27.7. The molecule has 2 aromatic carbocycles. The summed E-state index contributed by atoms with van der Waals surface area (Å²) in [6.07, 6.45) is 1.53. The Kier molecular flexibility index (Phi) is 8.33. The summed E-state index contributed by atoms with van der Waals surface area (Å²) in [6.45, 7) is 4.74. The molecule has 1 heterocycles. The number of rotatable bonds is 9. The molecule has 9 heteroatoms. The maximum absolute atomic E-state index is 13.2. The molecule has 1 amide bonds. The molecule has 1 fully saturated rings. The van der Waals surface area contributed by atoms with E-state index < -0.39 is 23.5 Å². The number of benzene rings is 2. The lowest BCUT2D eigenvalue weighted by atomic mass is 9.94. The highest BCUT2D eigenvalue weighted by Gasteiger charge is 2.46. The SMILES string of the molecule is CCCCN1C(=O)C(=O)/C(=C(/O)c2cc(Cl)c(OC)c(Cl)c2OC)C1c1ccc(OCC)cc1. The number of carbonyl (C=O) groups is 2. The number of ketones is 1. The average Bonchev–Trinajstić information content (AvgIpc) is 3.07. The Morgan fingerprint density at radius 1 is 1.06 bits per heavy atom. The topological polar surface area (TPSA) is 85.3 Å². The molecule has 1 aliphatic rings. The fourth-order valence-electron chi connectivity index (χ4n) is 3.99. The van der Waals surface area contributed by atoms with Crippen LogP contribution in [0, 0.1) is 0 Å². The van der Waals surface area contributed by atoms with E-state index in [1.54, 1.807) is 24.3 Å². The first kappa shape index (κ1) is 25.7. The van der Waals surface area contributed by atoms with Crippen molar-refractivity contribution in [1.29, 1.82) is 0 Å². The fraction of sp³-hybridized carbons (Fsp3) is 0.360. The Labute approximate surface area is 208 Å². The molecule has 182 valence electrons. The number of unbranched alkanes of at least 4 members (excludes halogenated alkanes) is 1. The lowest BCUT2D eigenvalue weighted by Gasteiger charge is -2.25. The molecule has 0 saturated carbocycles. The lowest BCUT2D eigenvalue weighted by molar-refractivity contribution is -0.139. The normalized spacial score (nSPS) is 17.2. The van der Waals surface area contributed by atoms with Crippen LogP contribution in [-0.2, 0) is 9.59 Å². The quantitative estimate of drug-likeness (QED) is 0.269. The van der Waals surface area contributed by atoms with E-state index >= 15 is 0 Å². The van der Waals surface area contributed by atoms with E-state index in [4.69, 9.17) is 37.4 Å². The lowest BCUT2D eigenvalue weighted by Crippen LogP contribution is -2.30. The van der Waals surface area contributed by atoms with Crippen molar-refractivity contribution in [3.8, 4) is 17.2 Å². The van der Waals surface area contributed by atoms with Gasteiger partial charge in [-0.05, 0) is 37.1 Å². The molecule has 1 aliphatic heterocycles. The highest BCUT2D eigenvalue weighted by atomic mass is 35.5. The van der Waals surface area contributed by atoms with E-state index in [-0.39, 0.29) is 32.7 Å². The Morgan fingerprint density at radius 3 is 2.26 bits per heavy atom. The van der Waals surface area contributed by atoms with Gasteiger partial charge in [0.15, 0.2) is 11.5 Å². The Morgan fingerprint density at radius 2 is 1.71 bits per heavy atom. The van der Waals surface area contributed by atoms with E-state index in [0.29, 0.717) is 30.9 Å². The third-order valence-corrected chi connectivity index (χ3v) is 6.22. The van der Waals surface area contributed by atoms with Gasteiger partial charge in [-0.2, -0.15) is 0 Å². The van der Waals surface area contributed by atoms with Gasteiger partial charge in [0.25, 0.3) is 11.7 Å². The third kappa shape index (κ3) is 4.68. The molecule has 2 aromatic rings. The van der Waals surface area contributed by atoms with Gasteiger partial charge in [0.1, 0.15) is 16.5 Å². The number of ether oxygens (including phenoxy) is 3. The second-order valence-electron chi connectivity index (χ2n) is 7.63. The molecule has 1 N–H and O–H groups in total. The van der Waals surface area contributed by atoms with Crippen molar-refractivity contribution >= 4 is 40.7 Å². The number of aliphatic hydroxyl groups is 1. The highest BCUT2D eigenvalue weighted by Crippen LogP contribution is 2.47. The van der Waals surface area contributed by atoms with Crippen molar-refractivity contribution in [2.24, 2.45) is 0 Å². The van der Waals surface area contributed by atoms with Crippen LogP contribution in [-0.4, -0.2) is 49.1 Å². The number of carbonyl (C=O) groups excluding carboxylic acids is 2. The minimum absolute atomic E-state index is 0.0388. The van der Waals surface area contributed by atoms with E-state index in [1.807, 2.05) is 13.8 Å². The molecule has 7 nitrogen and oxygen atoms in total. The maximum atomic E-state index is 13.2. The minimum Gasteiger partial charge on any atom is -0.507 e. The summed E-state index contributed by atoms with van der Waals surface area (Å²) < 4.78 is 16.1. The second kappa shape index (κ2) is 11.0. The van der Waals surface area contributed by atoms with Gasteiger partial charge < -0.3 is 24.2 Å². The van der Waals surface area contributed by atoms with E-state index in [0.717, 1.165) is 6.42 Å². The number of methoxy groups -OCH3 is 2. The number of likely N-dealkylation sites (tertiary alicyclic amines) is 1. The van der Waals surface area contributed by atoms with Crippen LogP contribution in [0.5, 0.6) is 17.2 Å². The fourth-order valence-corrected chi connectivity index (χ4v) is 4.68. The van der Waals surface area contributed by atoms with Crippen LogP contribution < -0.4 is 14.2 Å². The Hall–Kier alpha value is -2.90. The average molecular weight is 508 g/mol. The van der Waals surface area contributed by atoms with E-state index in [2.05, 4.69) is 0 Å². The van der Waals surface area contributed by atoms with Crippen molar-refractivity contribution in [2.75, 3.05) is 27.4 Å². The van der Waals surface area contributed by atoms with Gasteiger partial charge >= 0.3 is 0 Å². The van der Waals surface area contributed by atoms with Gasteiger partial charge in [0.2, 0.25) is 0 Å². The van der Waals surface area contributed by atoms with Crippen LogP contribution in [0.2, 0.25) is 10.0 Å². The van der Waals surface area contributed by atoms with E-state index in [9.17, 15) is 14.7 Å². The maximum Gasteiger partial charge on any atom is 0.295 e. The Balaban J connectivity index is 2.24. The number of hydrogen-bond donors (Lipinski definition) is 1. The first-order valence-electron chi connectivity index (χ1n) is 10.9. The van der Waals surface area contributed by atoms with Gasteiger partial charge in [-0.25, -0.2) is 0 Å². The summed E-state index contributed by atoms with van der Waals surface area (Å²) in [5, 5.41) is 11.5. The van der Waals surface area contributed by atoms with Crippen LogP contribution >= 0.6 is 23.2 Å². The number of nitrogens with zero attached hydrogens (tertiary/aromatic N) is 1. The molecule has 34 heavy (non-hydrogen) atoms. The number of amides is 1. The van der Waals surface area contributed by atoms with Gasteiger partial charge in [-0.3, -0.25) is 9.59 Å². The van der Waals surface area contributed by atoms with Gasteiger partial charge in [0.05, 0.1) is 43.0 Å². The molecule has 0 spiro atoms. The van der Waals surface area contributed by atoms with Crippen LogP contribution in [0.4, 0.5) is 0 Å². The largest absolute Gasteiger partial charge is 0.507 e. The smallest absolute Gasteiger partial charge is 0.295 e. The van der Waals surface area contributed by atoms with E-state index in [1.165, 1.54) is 25.2 Å². The van der Waals surface area contributed by atoms with Crippen molar-refractivity contribution in [2.45, 2.75) is 32.7 Å². The number of aliphatic hydroxyl groups excluding tert-OH is 1. The van der Waals surface area contributed by atoms with Crippen molar-refractivity contribution in [3.63, 3.8) is 0 Å².